The lowest BCUT2D eigenvalue weighted by Gasteiger charge is -2.42. The van der Waals surface area contributed by atoms with Gasteiger partial charge in [-0.3, -0.25) is 0 Å². The first-order valence-electron chi connectivity index (χ1n) is 7.83. The topological polar surface area (TPSA) is 15.3 Å². The molecule has 2 aliphatic heterocycles. The summed E-state index contributed by atoms with van der Waals surface area (Å²) in [7, 11) is 0. The van der Waals surface area contributed by atoms with E-state index < -0.39 is 0 Å². The summed E-state index contributed by atoms with van der Waals surface area (Å²) in [6.07, 6.45) is 5.24. The Balaban J connectivity index is 1.79. The molecule has 0 radical (unpaired) electrons. The van der Waals surface area contributed by atoms with Gasteiger partial charge in [0.25, 0.3) is 0 Å². The van der Waals surface area contributed by atoms with Crippen LogP contribution in [0.15, 0.2) is 24.3 Å². The molecule has 3 unspecified atom stereocenters. The van der Waals surface area contributed by atoms with Gasteiger partial charge < -0.3 is 10.2 Å². The number of rotatable bonds is 2. The van der Waals surface area contributed by atoms with Gasteiger partial charge in [-0.1, -0.05) is 25.1 Å². The van der Waals surface area contributed by atoms with Crippen molar-refractivity contribution in [3.63, 3.8) is 0 Å². The van der Waals surface area contributed by atoms with Gasteiger partial charge in [-0.25, -0.2) is 0 Å². The van der Waals surface area contributed by atoms with Crippen molar-refractivity contribution < 1.29 is 0 Å². The van der Waals surface area contributed by atoms with Gasteiger partial charge >= 0.3 is 0 Å². The van der Waals surface area contributed by atoms with E-state index in [-0.39, 0.29) is 0 Å². The first-order valence-corrected chi connectivity index (χ1v) is 7.83. The zero-order valence-electron chi connectivity index (χ0n) is 12.2. The third kappa shape index (κ3) is 2.64. The van der Waals surface area contributed by atoms with Crippen LogP contribution in [0.5, 0.6) is 0 Å². The van der Waals surface area contributed by atoms with E-state index in [1.165, 1.54) is 50.0 Å². The van der Waals surface area contributed by atoms with Crippen molar-refractivity contribution in [1.29, 1.82) is 0 Å². The predicted molar refractivity (Wildman–Crippen MR) is 81.8 cm³/mol. The Morgan fingerprint density at radius 3 is 2.89 bits per heavy atom. The molecule has 2 nitrogen and oxygen atoms in total. The van der Waals surface area contributed by atoms with E-state index in [0.29, 0.717) is 12.1 Å². The molecule has 19 heavy (non-hydrogen) atoms. The highest BCUT2D eigenvalue weighted by molar-refractivity contribution is 5.56. The van der Waals surface area contributed by atoms with Gasteiger partial charge in [0.05, 0.1) is 0 Å². The number of fused-ring (bicyclic) bond motifs is 1. The van der Waals surface area contributed by atoms with Crippen LogP contribution in [0.4, 0.5) is 5.69 Å². The SMILES string of the molecule is CC1CCCNC1CN1c2ccccc2CCC1C. The Bertz CT molecular complexity index is 429. The molecule has 0 amide bonds. The fraction of sp³-hybridized carbons (Fsp3) is 0.647. The number of nitrogens with one attached hydrogen (secondary N) is 1. The number of hydrogen-bond donors (Lipinski definition) is 1. The van der Waals surface area contributed by atoms with Crippen LogP contribution in [0, 0.1) is 5.92 Å². The lowest BCUT2D eigenvalue weighted by atomic mass is 9.90. The first-order chi connectivity index (χ1) is 9.25. The average Bonchev–Trinajstić information content (AvgIpc) is 2.44. The molecule has 1 fully saturated rings. The third-order valence-corrected chi connectivity index (χ3v) is 4.99. The highest BCUT2D eigenvalue weighted by Crippen LogP contribution is 2.31. The summed E-state index contributed by atoms with van der Waals surface area (Å²) in [5.41, 5.74) is 3.00. The summed E-state index contributed by atoms with van der Waals surface area (Å²) in [4.78, 5) is 2.64. The molecule has 2 aliphatic rings. The van der Waals surface area contributed by atoms with Crippen LogP contribution in [-0.4, -0.2) is 25.2 Å². The third-order valence-electron chi connectivity index (χ3n) is 4.99. The minimum Gasteiger partial charge on any atom is -0.367 e. The number of piperidine rings is 1. The summed E-state index contributed by atoms with van der Waals surface area (Å²) in [6, 6.07) is 10.3. The average molecular weight is 258 g/mol. The zero-order valence-corrected chi connectivity index (χ0v) is 12.2. The minimum absolute atomic E-state index is 0.655. The second-order valence-corrected chi connectivity index (χ2v) is 6.35. The van der Waals surface area contributed by atoms with E-state index >= 15 is 0 Å². The number of aryl methyl sites for hydroxylation is 1. The van der Waals surface area contributed by atoms with Crippen molar-refractivity contribution in [3.05, 3.63) is 29.8 Å². The van der Waals surface area contributed by atoms with E-state index in [9.17, 15) is 0 Å². The number of benzene rings is 1. The van der Waals surface area contributed by atoms with Crippen LogP contribution in [0.2, 0.25) is 0 Å². The number of nitrogens with zero attached hydrogens (tertiary/aromatic N) is 1. The number of hydrogen-bond acceptors (Lipinski definition) is 2. The highest BCUT2D eigenvalue weighted by atomic mass is 15.2. The van der Waals surface area contributed by atoms with Gasteiger partial charge in [0.2, 0.25) is 0 Å². The second-order valence-electron chi connectivity index (χ2n) is 6.35. The number of anilines is 1. The van der Waals surface area contributed by atoms with E-state index in [2.05, 4.69) is 48.3 Å². The minimum atomic E-state index is 0.655. The van der Waals surface area contributed by atoms with E-state index in [1.54, 1.807) is 0 Å². The van der Waals surface area contributed by atoms with Gasteiger partial charge in [-0.05, 0) is 56.7 Å². The highest BCUT2D eigenvalue weighted by Gasteiger charge is 2.28. The largest absolute Gasteiger partial charge is 0.367 e. The maximum Gasteiger partial charge on any atom is 0.0401 e. The molecule has 1 aromatic rings. The molecule has 104 valence electrons. The maximum absolute atomic E-state index is 3.73. The fourth-order valence-corrected chi connectivity index (χ4v) is 3.61. The molecule has 0 bridgehead atoms. The lowest BCUT2D eigenvalue weighted by Crippen LogP contribution is -2.51. The monoisotopic (exact) mass is 258 g/mol. The molecular weight excluding hydrogens is 232 g/mol. The van der Waals surface area contributed by atoms with Crippen molar-refractivity contribution in [2.75, 3.05) is 18.0 Å². The van der Waals surface area contributed by atoms with Crippen LogP contribution in [0.3, 0.4) is 0 Å². The van der Waals surface area contributed by atoms with E-state index in [1.807, 2.05) is 0 Å². The molecule has 3 atom stereocenters. The lowest BCUT2D eigenvalue weighted by molar-refractivity contribution is 0.295. The second kappa shape index (κ2) is 5.54. The zero-order chi connectivity index (χ0) is 13.2. The molecule has 3 rings (SSSR count). The molecule has 1 saturated heterocycles. The summed E-state index contributed by atoms with van der Waals surface area (Å²) < 4.78 is 0. The molecule has 0 aromatic heterocycles. The Hall–Kier alpha value is -1.02. The molecule has 1 aromatic carbocycles. The van der Waals surface area contributed by atoms with Gasteiger partial charge in [-0.15, -0.1) is 0 Å². The van der Waals surface area contributed by atoms with Gasteiger partial charge in [0.1, 0.15) is 0 Å². The molecule has 1 N–H and O–H groups in total. The Morgan fingerprint density at radius 2 is 2.05 bits per heavy atom. The smallest absolute Gasteiger partial charge is 0.0401 e. The molecule has 0 spiro atoms. The van der Waals surface area contributed by atoms with Gasteiger partial charge in [0, 0.05) is 24.3 Å². The van der Waals surface area contributed by atoms with Crippen molar-refractivity contribution in [2.45, 2.75) is 51.6 Å². The van der Waals surface area contributed by atoms with Crippen LogP contribution < -0.4 is 10.2 Å². The quantitative estimate of drug-likeness (QED) is 0.876. The van der Waals surface area contributed by atoms with E-state index in [4.69, 9.17) is 0 Å². The molecular formula is C17H26N2. The summed E-state index contributed by atoms with van der Waals surface area (Å²) in [5, 5.41) is 3.73. The van der Waals surface area contributed by atoms with Gasteiger partial charge in [-0.2, -0.15) is 0 Å². The fourth-order valence-electron chi connectivity index (χ4n) is 3.61. The van der Waals surface area contributed by atoms with Crippen LogP contribution >= 0.6 is 0 Å². The molecule has 0 saturated carbocycles. The summed E-state index contributed by atoms with van der Waals surface area (Å²) in [5.74, 6) is 0.801. The molecule has 2 heteroatoms. The number of para-hydroxylation sites is 1. The maximum atomic E-state index is 3.73. The van der Waals surface area contributed by atoms with Crippen molar-refractivity contribution in [3.8, 4) is 0 Å². The van der Waals surface area contributed by atoms with Crippen LogP contribution in [-0.2, 0) is 6.42 Å². The summed E-state index contributed by atoms with van der Waals surface area (Å²) in [6.45, 7) is 7.14. The van der Waals surface area contributed by atoms with Gasteiger partial charge in [0.15, 0.2) is 0 Å². The standard InChI is InChI=1S/C17H26N2/c1-13-6-5-11-18-16(13)12-19-14(2)9-10-15-7-3-4-8-17(15)19/h3-4,7-8,13-14,16,18H,5-6,9-12H2,1-2H3. The first kappa shape index (κ1) is 13.0. The normalized spacial score (nSPS) is 31.1. The summed E-state index contributed by atoms with van der Waals surface area (Å²) >= 11 is 0. The van der Waals surface area contributed by atoms with E-state index in [0.717, 1.165) is 5.92 Å². The van der Waals surface area contributed by atoms with Crippen molar-refractivity contribution in [1.82, 2.24) is 5.32 Å². The molecule has 2 heterocycles. The van der Waals surface area contributed by atoms with Crippen LogP contribution in [0.25, 0.3) is 0 Å². The van der Waals surface area contributed by atoms with Crippen LogP contribution in [0.1, 0.15) is 38.7 Å². The Morgan fingerprint density at radius 1 is 1.21 bits per heavy atom. The predicted octanol–water partition coefficient (Wildman–Crippen LogP) is 3.22. The Kier molecular flexibility index (Phi) is 3.79. The van der Waals surface area contributed by atoms with Crippen molar-refractivity contribution >= 4 is 5.69 Å². The molecule has 0 aliphatic carbocycles. The van der Waals surface area contributed by atoms with Crippen molar-refractivity contribution in [2.24, 2.45) is 5.92 Å². The Labute approximate surface area is 117 Å².